The highest BCUT2D eigenvalue weighted by molar-refractivity contribution is 5.85. The molecule has 102 valence electrons. The summed E-state index contributed by atoms with van der Waals surface area (Å²) in [7, 11) is 0. The summed E-state index contributed by atoms with van der Waals surface area (Å²) in [6.07, 6.45) is 5.64. The van der Waals surface area contributed by atoms with Crippen LogP contribution in [-0.2, 0) is 4.79 Å². The fourth-order valence-electron chi connectivity index (χ4n) is 2.02. The number of unbranched alkanes of at least 4 members (excludes halogenated alkanes) is 1. The number of amides is 1. The van der Waals surface area contributed by atoms with E-state index >= 15 is 0 Å². The third kappa shape index (κ3) is 7.61. The van der Waals surface area contributed by atoms with Gasteiger partial charge in [0.1, 0.15) is 0 Å². The van der Waals surface area contributed by atoms with E-state index in [2.05, 4.69) is 31.4 Å². The van der Waals surface area contributed by atoms with Crippen LogP contribution in [0.15, 0.2) is 0 Å². The molecule has 1 rings (SSSR count). The van der Waals surface area contributed by atoms with Crippen LogP contribution in [0.4, 0.5) is 0 Å². The SMILES string of the molecule is CC(C)(C)CCCCNC(=O)C1CCCN1.Cl. The summed E-state index contributed by atoms with van der Waals surface area (Å²) in [5.74, 6) is 0.188. The second-order valence-electron chi connectivity index (χ2n) is 5.96. The highest BCUT2D eigenvalue weighted by Gasteiger charge is 2.21. The van der Waals surface area contributed by atoms with Crippen molar-refractivity contribution in [2.24, 2.45) is 5.41 Å². The summed E-state index contributed by atoms with van der Waals surface area (Å²) in [5, 5.41) is 6.22. The van der Waals surface area contributed by atoms with E-state index in [1.54, 1.807) is 0 Å². The average Bonchev–Trinajstić information content (AvgIpc) is 2.67. The lowest BCUT2D eigenvalue weighted by atomic mass is 9.90. The van der Waals surface area contributed by atoms with Crippen LogP contribution < -0.4 is 10.6 Å². The number of carbonyl (C=O) groups is 1. The van der Waals surface area contributed by atoms with E-state index in [0.29, 0.717) is 5.41 Å². The van der Waals surface area contributed by atoms with Crippen molar-refractivity contribution in [2.45, 2.75) is 58.9 Å². The third-order valence-corrected chi connectivity index (χ3v) is 3.03. The highest BCUT2D eigenvalue weighted by Crippen LogP contribution is 2.21. The molecule has 1 aliphatic heterocycles. The standard InChI is InChI=1S/C13H26N2O.ClH/c1-13(2,3)8-4-5-9-15-12(16)11-7-6-10-14-11;/h11,14H,4-10H2,1-3H3,(H,15,16);1H. The number of carbonyl (C=O) groups excluding carboxylic acids is 1. The maximum atomic E-state index is 11.6. The van der Waals surface area contributed by atoms with Crippen molar-refractivity contribution < 1.29 is 4.79 Å². The summed E-state index contributed by atoms with van der Waals surface area (Å²) in [6.45, 7) is 8.59. The first-order valence-electron chi connectivity index (χ1n) is 6.50. The van der Waals surface area contributed by atoms with Crippen molar-refractivity contribution >= 4 is 18.3 Å². The third-order valence-electron chi connectivity index (χ3n) is 3.03. The fourth-order valence-corrected chi connectivity index (χ4v) is 2.02. The van der Waals surface area contributed by atoms with Gasteiger partial charge >= 0.3 is 0 Å². The van der Waals surface area contributed by atoms with Gasteiger partial charge in [-0.2, -0.15) is 0 Å². The van der Waals surface area contributed by atoms with Gasteiger partial charge in [0.05, 0.1) is 6.04 Å². The Kier molecular flexibility index (Phi) is 7.80. The number of halogens is 1. The Morgan fingerprint density at radius 3 is 2.59 bits per heavy atom. The Morgan fingerprint density at radius 2 is 2.06 bits per heavy atom. The van der Waals surface area contributed by atoms with Gasteiger partial charge in [0.2, 0.25) is 5.91 Å². The molecule has 0 aromatic rings. The normalized spacial score (nSPS) is 19.8. The first-order valence-corrected chi connectivity index (χ1v) is 6.50. The minimum atomic E-state index is 0. The quantitative estimate of drug-likeness (QED) is 0.748. The van der Waals surface area contributed by atoms with Gasteiger partial charge in [-0.15, -0.1) is 12.4 Å². The minimum absolute atomic E-state index is 0. The van der Waals surface area contributed by atoms with Crippen LogP contribution in [0.1, 0.15) is 52.9 Å². The molecule has 0 aromatic heterocycles. The molecule has 0 aromatic carbocycles. The number of rotatable bonds is 5. The maximum absolute atomic E-state index is 11.6. The lowest BCUT2D eigenvalue weighted by Crippen LogP contribution is -2.40. The summed E-state index contributed by atoms with van der Waals surface area (Å²) in [5.41, 5.74) is 0.414. The maximum Gasteiger partial charge on any atom is 0.237 e. The largest absolute Gasteiger partial charge is 0.355 e. The molecule has 1 heterocycles. The van der Waals surface area contributed by atoms with Crippen molar-refractivity contribution in [3.05, 3.63) is 0 Å². The molecule has 3 nitrogen and oxygen atoms in total. The molecule has 1 unspecified atom stereocenters. The number of hydrogen-bond acceptors (Lipinski definition) is 2. The second-order valence-corrected chi connectivity index (χ2v) is 5.96. The van der Waals surface area contributed by atoms with Crippen molar-refractivity contribution in [1.29, 1.82) is 0 Å². The summed E-state index contributed by atoms with van der Waals surface area (Å²) in [6, 6.07) is 0.0719. The smallest absolute Gasteiger partial charge is 0.237 e. The Balaban J connectivity index is 0.00000256. The first kappa shape index (κ1) is 16.7. The molecule has 1 fully saturated rings. The summed E-state index contributed by atoms with van der Waals surface area (Å²) < 4.78 is 0. The average molecular weight is 263 g/mol. The number of nitrogens with one attached hydrogen (secondary N) is 2. The Hall–Kier alpha value is -0.280. The van der Waals surface area contributed by atoms with E-state index in [4.69, 9.17) is 0 Å². The minimum Gasteiger partial charge on any atom is -0.355 e. The Morgan fingerprint density at radius 1 is 1.35 bits per heavy atom. The zero-order chi connectivity index (χ0) is 12.0. The van der Waals surface area contributed by atoms with Crippen LogP contribution in [0, 0.1) is 5.41 Å². The van der Waals surface area contributed by atoms with Crippen LogP contribution in [0.3, 0.4) is 0 Å². The Bertz CT molecular complexity index is 220. The molecule has 0 aliphatic carbocycles. The molecule has 0 radical (unpaired) electrons. The van der Waals surface area contributed by atoms with Gasteiger partial charge in [0.25, 0.3) is 0 Å². The van der Waals surface area contributed by atoms with Gasteiger partial charge < -0.3 is 10.6 Å². The van der Waals surface area contributed by atoms with Gasteiger partial charge in [-0.3, -0.25) is 4.79 Å². The van der Waals surface area contributed by atoms with Gasteiger partial charge in [0.15, 0.2) is 0 Å². The lowest BCUT2D eigenvalue weighted by molar-refractivity contribution is -0.122. The van der Waals surface area contributed by atoms with E-state index in [-0.39, 0.29) is 24.4 Å². The van der Waals surface area contributed by atoms with Crippen LogP contribution in [0.5, 0.6) is 0 Å². The van der Waals surface area contributed by atoms with E-state index < -0.39 is 0 Å². The van der Waals surface area contributed by atoms with Crippen LogP contribution in [0.25, 0.3) is 0 Å². The predicted molar refractivity (Wildman–Crippen MR) is 74.6 cm³/mol. The van der Waals surface area contributed by atoms with Crippen molar-refractivity contribution in [3.63, 3.8) is 0 Å². The van der Waals surface area contributed by atoms with Crippen LogP contribution >= 0.6 is 12.4 Å². The molecule has 4 heteroatoms. The molecule has 1 amide bonds. The van der Waals surface area contributed by atoms with Crippen LogP contribution in [0.2, 0.25) is 0 Å². The van der Waals surface area contributed by atoms with Gasteiger partial charge in [0, 0.05) is 6.54 Å². The number of hydrogen-bond donors (Lipinski definition) is 2. The molecule has 0 saturated carbocycles. The molecule has 2 N–H and O–H groups in total. The van der Waals surface area contributed by atoms with Crippen molar-refractivity contribution in [3.8, 4) is 0 Å². The first-order chi connectivity index (χ1) is 7.49. The molecular formula is C13H27ClN2O. The summed E-state index contributed by atoms with van der Waals surface area (Å²) >= 11 is 0. The molecule has 0 bridgehead atoms. The Labute approximate surface area is 112 Å². The van der Waals surface area contributed by atoms with E-state index in [9.17, 15) is 4.79 Å². The molecule has 17 heavy (non-hydrogen) atoms. The molecule has 1 aliphatic rings. The van der Waals surface area contributed by atoms with E-state index in [1.807, 2.05) is 0 Å². The van der Waals surface area contributed by atoms with Crippen LogP contribution in [-0.4, -0.2) is 25.0 Å². The van der Waals surface area contributed by atoms with Gasteiger partial charge in [-0.1, -0.05) is 27.2 Å². The second kappa shape index (κ2) is 7.93. The topological polar surface area (TPSA) is 41.1 Å². The van der Waals surface area contributed by atoms with Crippen molar-refractivity contribution in [1.82, 2.24) is 10.6 Å². The summed E-state index contributed by atoms with van der Waals surface area (Å²) in [4.78, 5) is 11.6. The lowest BCUT2D eigenvalue weighted by Gasteiger charge is -2.17. The predicted octanol–water partition coefficient (Wildman–Crippen LogP) is 2.49. The van der Waals surface area contributed by atoms with E-state index in [0.717, 1.165) is 32.4 Å². The molecule has 0 spiro atoms. The van der Waals surface area contributed by atoms with E-state index in [1.165, 1.54) is 12.8 Å². The monoisotopic (exact) mass is 262 g/mol. The zero-order valence-corrected chi connectivity index (χ0v) is 12.2. The van der Waals surface area contributed by atoms with Gasteiger partial charge in [-0.05, 0) is 37.6 Å². The molecule has 1 atom stereocenters. The zero-order valence-electron chi connectivity index (χ0n) is 11.3. The highest BCUT2D eigenvalue weighted by atomic mass is 35.5. The van der Waals surface area contributed by atoms with Gasteiger partial charge in [-0.25, -0.2) is 0 Å². The molecule has 1 saturated heterocycles. The fraction of sp³-hybridized carbons (Fsp3) is 0.923. The van der Waals surface area contributed by atoms with Crippen molar-refractivity contribution in [2.75, 3.05) is 13.1 Å². The molecular weight excluding hydrogens is 236 g/mol.